The molecule has 0 unspecified atom stereocenters. The number of ether oxygens (including phenoxy) is 1. The van der Waals surface area contributed by atoms with Crippen LogP contribution in [0.5, 0.6) is 0 Å². The van der Waals surface area contributed by atoms with E-state index < -0.39 is 0 Å². The van der Waals surface area contributed by atoms with Crippen LogP contribution in [-0.4, -0.2) is 59.0 Å². The molecule has 1 aromatic carbocycles. The molecule has 7 heteroatoms. The molecule has 6 nitrogen and oxygen atoms in total. The Kier molecular flexibility index (Phi) is 7.19. The summed E-state index contributed by atoms with van der Waals surface area (Å²) in [6, 6.07) is 14.3. The maximum Gasteiger partial charge on any atom is 0.244 e. The first kappa shape index (κ1) is 22.5. The third kappa shape index (κ3) is 5.73. The van der Waals surface area contributed by atoms with E-state index in [1.54, 1.807) is 17.4 Å². The molecule has 4 rings (SSSR count). The smallest absolute Gasteiger partial charge is 0.244 e. The second kappa shape index (κ2) is 10.3. The van der Waals surface area contributed by atoms with Gasteiger partial charge in [-0.1, -0.05) is 36.4 Å². The lowest BCUT2D eigenvalue weighted by Crippen LogP contribution is -2.55. The summed E-state index contributed by atoms with van der Waals surface area (Å²) in [5.41, 5.74) is 2.90. The van der Waals surface area contributed by atoms with E-state index in [1.807, 2.05) is 46.6 Å². The van der Waals surface area contributed by atoms with Crippen LogP contribution in [0, 0.1) is 0 Å². The predicted molar refractivity (Wildman–Crippen MR) is 130 cm³/mol. The Labute approximate surface area is 193 Å². The van der Waals surface area contributed by atoms with Gasteiger partial charge in [-0.3, -0.25) is 14.4 Å². The highest BCUT2D eigenvalue weighted by molar-refractivity contribution is 7.13. The summed E-state index contributed by atoms with van der Waals surface area (Å²) in [6.07, 6.45) is 5.47. The zero-order chi connectivity index (χ0) is 22.4. The van der Waals surface area contributed by atoms with E-state index in [1.165, 1.54) is 5.56 Å². The first-order valence-corrected chi connectivity index (χ1v) is 11.8. The highest BCUT2D eigenvalue weighted by Crippen LogP contribution is 2.27. The number of rotatable bonds is 8. The van der Waals surface area contributed by atoms with Crippen molar-refractivity contribution in [2.45, 2.75) is 25.9 Å². The lowest BCUT2D eigenvalue weighted by atomic mass is 10.0. The van der Waals surface area contributed by atoms with Crippen LogP contribution in [0.4, 0.5) is 0 Å². The van der Waals surface area contributed by atoms with Crippen molar-refractivity contribution in [3.8, 4) is 10.6 Å². The molecular weight excluding hydrogens is 420 g/mol. The number of carbonyl (C=O) groups excluding carboxylic acids is 1. The molecule has 1 N–H and O–H groups in total. The molecule has 0 atom stereocenters. The number of nitrogens with one attached hydrogen (secondary N) is 1. The number of hydrogen-bond donors (Lipinski definition) is 1. The van der Waals surface area contributed by atoms with Gasteiger partial charge in [0.05, 0.1) is 24.6 Å². The fourth-order valence-corrected chi connectivity index (χ4v) is 4.55. The highest BCUT2D eigenvalue weighted by Gasteiger charge is 2.28. The predicted octanol–water partition coefficient (Wildman–Crippen LogP) is 3.90. The van der Waals surface area contributed by atoms with Crippen molar-refractivity contribution in [1.29, 1.82) is 0 Å². The fourth-order valence-electron chi connectivity index (χ4n) is 3.82. The van der Waals surface area contributed by atoms with Gasteiger partial charge in [-0.15, -0.1) is 11.3 Å². The number of hydrogen-bond acceptors (Lipinski definition) is 5. The molecule has 32 heavy (non-hydrogen) atoms. The van der Waals surface area contributed by atoms with Gasteiger partial charge in [-0.2, -0.15) is 5.10 Å². The van der Waals surface area contributed by atoms with Crippen molar-refractivity contribution in [2.24, 2.45) is 0 Å². The fraction of sp³-hybridized carbons (Fsp3) is 0.360. The highest BCUT2D eigenvalue weighted by atomic mass is 32.1. The van der Waals surface area contributed by atoms with Gasteiger partial charge in [0.2, 0.25) is 5.91 Å². The van der Waals surface area contributed by atoms with Gasteiger partial charge in [-0.05, 0) is 36.9 Å². The number of nitrogens with zero attached hydrogens (tertiary/aromatic N) is 3. The van der Waals surface area contributed by atoms with E-state index >= 15 is 0 Å². The molecule has 1 fully saturated rings. The molecule has 1 aliphatic heterocycles. The quantitative estimate of drug-likeness (QED) is 0.529. The summed E-state index contributed by atoms with van der Waals surface area (Å²) in [5.74, 6) is -0.0979. The van der Waals surface area contributed by atoms with Crippen LogP contribution in [0.3, 0.4) is 0 Å². The van der Waals surface area contributed by atoms with E-state index in [0.717, 1.165) is 42.4 Å². The lowest BCUT2D eigenvalue weighted by Gasteiger charge is -2.40. The van der Waals surface area contributed by atoms with Crippen molar-refractivity contribution in [2.75, 3.05) is 32.8 Å². The molecule has 3 aromatic rings. The largest absolute Gasteiger partial charge is 0.379 e. The summed E-state index contributed by atoms with van der Waals surface area (Å²) < 4.78 is 7.38. The van der Waals surface area contributed by atoms with Gasteiger partial charge in [0.25, 0.3) is 0 Å². The summed E-state index contributed by atoms with van der Waals surface area (Å²) >= 11 is 1.65. The molecule has 2 aromatic heterocycles. The number of thiophene rings is 1. The summed E-state index contributed by atoms with van der Waals surface area (Å²) in [6.45, 7) is 8.86. The Bertz CT molecular complexity index is 1040. The normalized spacial score (nSPS) is 15.3. The Morgan fingerprint density at radius 2 is 1.97 bits per heavy atom. The van der Waals surface area contributed by atoms with E-state index in [2.05, 4.69) is 42.3 Å². The monoisotopic (exact) mass is 450 g/mol. The maximum atomic E-state index is 12.6. The van der Waals surface area contributed by atoms with Crippen molar-refractivity contribution in [1.82, 2.24) is 20.0 Å². The van der Waals surface area contributed by atoms with Crippen molar-refractivity contribution < 1.29 is 9.53 Å². The van der Waals surface area contributed by atoms with Gasteiger partial charge in [-0.25, -0.2) is 0 Å². The van der Waals surface area contributed by atoms with Crippen LogP contribution in [-0.2, 0) is 16.1 Å². The number of carbonyl (C=O) groups is 1. The molecular formula is C25H30N4O2S. The Morgan fingerprint density at radius 3 is 2.69 bits per heavy atom. The van der Waals surface area contributed by atoms with Gasteiger partial charge in [0.1, 0.15) is 5.69 Å². The molecule has 0 spiro atoms. The first-order chi connectivity index (χ1) is 15.5. The molecule has 0 bridgehead atoms. The van der Waals surface area contributed by atoms with Crippen molar-refractivity contribution in [3.63, 3.8) is 0 Å². The minimum atomic E-state index is -0.115. The minimum Gasteiger partial charge on any atom is -0.379 e. The van der Waals surface area contributed by atoms with Crippen LogP contribution in [0.2, 0.25) is 0 Å². The number of amides is 1. The van der Waals surface area contributed by atoms with E-state index in [0.29, 0.717) is 13.1 Å². The summed E-state index contributed by atoms with van der Waals surface area (Å²) in [7, 11) is 0. The van der Waals surface area contributed by atoms with Gasteiger partial charge in [0, 0.05) is 43.0 Å². The topological polar surface area (TPSA) is 59.4 Å². The average Bonchev–Trinajstić information content (AvgIpc) is 3.47. The number of aromatic nitrogens is 2. The third-order valence-corrected chi connectivity index (χ3v) is 6.59. The van der Waals surface area contributed by atoms with Crippen LogP contribution < -0.4 is 5.32 Å². The van der Waals surface area contributed by atoms with Crippen LogP contribution in [0.1, 0.15) is 25.0 Å². The van der Waals surface area contributed by atoms with Gasteiger partial charge >= 0.3 is 0 Å². The van der Waals surface area contributed by atoms with Crippen LogP contribution >= 0.6 is 11.3 Å². The molecule has 1 saturated heterocycles. The van der Waals surface area contributed by atoms with Crippen LogP contribution in [0.15, 0.2) is 60.1 Å². The van der Waals surface area contributed by atoms with Crippen LogP contribution in [0.25, 0.3) is 16.6 Å². The second-order valence-electron chi connectivity index (χ2n) is 8.56. The average molecular weight is 451 g/mol. The third-order valence-electron chi connectivity index (χ3n) is 5.71. The zero-order valence-electron chi connectivity index (χ0n) is 18.7. The number of benzene rings is 1. The van der Waals surface area contributed by atoms with Crippen molar-refractivity contribution in [3.05, 3.63) is 71.2 Å². The lowest BCUT2D eigenvalue weighted by molar-refractivity contribution is -0.117. The minimum absolute atomic E-state index is 0.0979. The molecule has 0 aliphatic carbocycles. The molecule has 0 radical (unpaired) electrons. The van der Waals surface area contributed by atoms with Gasteiger partial charge in [0.15, 0.2) is 0 Å². The van der Waals surface area contributed by atoms with Crippen molar-refractivity contribution >= 4 is 23.3 Å². The summed E-state index contributed by atoms with van der Waals surface area (Å²) in [4.78, 5) is 16.0. The first-order valence-electron chi connectivity index (χ1n) is 11.0. The molecule has 1 amide bonds. The molecule has 0 saturated carbocycles. The second-order valence-corrected chi connectivity index (χ2v) is 9.50. The Balaban J connectivity index is 1.44. The standard InChI is InChI=1S/C25H30N4O2S/c1-25(2,28-12-14-31-15-13-28)19-26-23(30)11-10-21-18-29(17-20-7-4-3-5-8-20)27-24(21)22-9-6-16-32-22/h3-11,16,18H,12-15,17,19H2,1-2H3,(H,26,30)/b11-10+. The Hall–Kier alpha value is -2.74. The zero-order valence-corrected chi connectivity index (χ0v) is 19.5. The number of morpholine rings is 1. The van der Waals surface area contributed by atoms with E-state index in [4.69, 9.17) is 9.84 Å². The Morgan fingerprint density at radius 1 is 1.19 bits per heavy atom. The van der Waals surface area contributed by atoms with Gasteiger partial charge < -0.3 is 10.1 Å². The molecule has 3 heterocycles. The maximum absolute atomic E-state index is 12.6. The summed E-state index contributed by atoms with van der Waals surface area (Å²) in [5, 5.41) is 9.90. The van der Waals surface area contributed by atoms with E-state index in [-0.39, 0.29) is 11.4 Å². The molecule has 1 aliphatic rings. The SMILES string of the molecule is CC(C)(CNC(=O)/C=C/c1cn(Cc2ccccc2)nc1-c1cccs1)N1CCOCC1. The molecule has 168 valence electrons. The van der Waals surface area contributed by atoms with E-state index in [9.17, 15) is 4.79 Å².